The molecular formula is C10H19ClN2O2. The number of hydrogen-bond donors (Lipinski definition) is 2. The van der Waals surface area contributed by atoms with E-state index in [1.807, 2.05) is 0 Å². The monoisotopic (exact) mass is 234 g/mol. The van der Waals surface area contributed by atoms with Gasteiger partial charge in [-0.05, 0) is 32.4 Å². The van der Waals surface area contributed by atoms with Crippen molar-refractivity contribution in [3.05, 3.63) is 0 Å². The molecule has 1 amide bonds. The van der Waals surface area contributed by atoms with Gasteiger partial charge in [-0.15, -0.1) is 12.4 Å². The van der Waals surface area contributed by atoms with E-state index in [1.54, 1.807) is 0 Å². The zero-order valence-electron chi connectivity index (χ0n) is 8.83. The normalized spacial score (nSPS) is 27.1. The summed E-state index contributed by atoms with van der Waals surface area (Å²) in [4.78, 5) is 11.7. The Morgan fingerprint density at radius 1 is 1.27 bits per heavy atom. The standard InChI is InChI=1S/C10H18N2O2.ClH/c13-10(8-3-6-14-7-8)12-9-1-4-11-5-2-9;/h8-9,11H,1-7H2,(H,12,13);1H. The van der Waals surface area contributed by atoms with Gasteiger partial charge < -0.3 is 15.4 Å². The Bertz CT molecular complexity index is 202. The van der Waals surface area contributed by atoms with Gasteiger partial charge in [-0.3, -0.25) is 4.79 Å². The summed E-state index contributed by atoms with van der Waals surface area (Å²) in [6.07, 6.45) is 3.00. The van der Waals surface area contributed by atoms with Gasteiger partial charge in [0.1, 0.15) is 0 Å². The first-order chi connectivity index (χ1) is 6.86. The third-order valence-corrected chi connectivity index (χ3v) is 2.99. The van der Waals surface area contributed by atoms with E-state index in [0.717, 1.165) is 39.0 Å². The van der Waals surface area contributed by atoms with Crippen molar-refractivity contribution in [3.8, 4) is 0 Å². The predicted octanol–water partition coefficient (Wildman–Crippen LogP) is 0.313. The molecule has 2 fully saturated rings. The smallest absolute Gasteiger partial charge is 0.225 e. The molecule has 0 bridgehead atoms. The minimum Gasteiger partial charge on any atom is -0.381 e. The summed E-state index contributed by atoms with van der Waals surface area (Å²) in [5, 5.41) is 6.38. The number of halogens is 1. The molecule has 4 nitrogen and oxygen atoms in total. The van der Waals surface area contributed by atoms with Gasteiger partial charge in [-0.1, -0.05) is 0 Å². The maximum Gasteiger partial charge on any atom is 0.225 e. The van der Waals surface area contributed by atoms with E-state index in [9.17, 15) is 4.79 Å². The Morgan fingerprint density at radius 2 is 2.00 bits per heavy atom. The lowest BCUT2D eigenvalue weighted by Crippen LogP contribution is -2.45. The first-order valence-electron chi connectivity index (χ1n) is 5.45. The third-order valence-electron chi connectivity index (χ3n) is 2.99. The highest BCUT2D eigenvalue weighted by molar-refractivity contribution is 5.85. The summed E-state index contributed by atoms with van der Waals surface area (Å²) in [6.45, 7) is 3.39. The van der Waals surface area contributed by atoms with Crippen LogP contribution in [0.4, 0.5) is 0 Å². The van der Waals surface area contributed by atoms with Crippen molar-refractivity contribution in [2.75, 3.05) is 26.3 Å². The number of carbonyl (C=O) groups is 1. The zero-order chi connectivity index (χ0) is 9.80. The average molecular weight is 235 g/mol. The van der Waals surface area contributed by atoms with Crippen LogP contribution in [0.5, 0.6) is 0 Å². The van der Waals surface area contributed by atoms with Crippen molar-refractivity contribution >= 4 is 18.3 Å². The van der Waals surface area contributed by atoms with Crippen LogP contribution >= 0.6 is 12.4 Å². The number of ether oxygens (including phenoxy) is 1. The Kier molecular flexibility index (Phi) is 5.36. The fourth-order valence-corrected chi connectivity index (χ4v) is 2.03. The minimum atomic E-state index is 0. The van der Waals surface area contributed by atoms with Gasteiger partial charge in [0.25, 0.3) is 0 Å². The molecule has 0 aromatic heterocycles. The van der Waals surface area contributed by atoms with E-state index >= 15 is 0 Å². The first kappa shape index (κ1) is 12.7. The molecule has 2 heterocycles. The van der Waals surface area contributed by atoms with E-state index in [-0.39, 0.29) is 24.2 Å². The van der Waals surface area contributed by atoms with Gasteiger partial charge in [0.2, 0.25) is 5.91 Å². The van der Waals surface area contributed by atoms with Gasteiger partial charge in [0.05, 0.1) is 12.5 Å². The van der Waals surface area contributed by atoms with Crippen LogP contribution in [0.25, 0.3) is 0 Å². The molecule has 2 aliphatic heterocycles. The second-order valence-corrected chi connectivity index (χ2v) is 4.09. The van der Waals surface area contributed by atoms with Gasteiger partial charge in [0.15, 0.2) is 0 Å². The van der Waals surface area contributed by atoms with E-state index < -0.39 is 0 Å². The van der Waals surface area contributed by atoms with Crippen LogP contribution < -0.4 is 10.6 Å². The van der Waals surface area contributed by atoms with Crippen LogP contribution in [0.2, 0.25) is 0 Å². The number of amides is 1. The molecule has 0 saturated carbocycles. The van der Waals surface area contributed by atoms with Crippen molar-refractivity contribution in [1.29, 1.82) is 0 Å². The highest BCUT2D eigenvalue weighted by Crippen LogP contribution is 2.13. The Morgan fingerprint density at radius 3 is 2.60 bits per heavy atom. The number of carbonyl (C=O) groups excluding carboxylic acids is 1. The summed E-state index contributed by atoms with van der Waals surface area (Å²) in [6, 6.07) is 0.379. The molecule has 0 aromatic rings. The fraction of sp³-hybridized carbons (Fsp3) is 0.900. The van der Waals surface area contributed by atoms with E-state index in [0.29, 0.717) is 12.6 Å². The zero-order valence-corrected chi connectivity index (χ0v) is 9.65. The van der Waals surface area contributed by atoms with Crippen LogP contribution in [0.15, 0.2) is 0 Å². The van der Waals surface area contributed by atoms with Crippen LogP contribution in [0, 0.1) is 5.92 Å². The molecule has 0 aliphatic carbocycles. The predicted molar refractivity (Wildman–Crippen MR) is 60.2 cm³/mol. The molecule has 2 aliphatic rings. The van der Waals surface area contributed by atoms with Crippen LogP contribution in [0.1, 0.15) is 19.3 Å². The van der Waals surface area contributed by atoms with Crippen LogP contribution in [0.3, 0.4) is 0 Å². The molecule has 1 atom stereocenters. The molecule has 2 saturated heterocycles. The van der Waals surface area contributed by atoms with Gasteiger partial charge >= 0.3 is 0 Å². The molecule has 0 aromatic carbocycles. The molecule has 0 radical (unpaired) electrons. The third kappa shape index (κ3) is 3.63. The number of piperidine rings is 1. The molecule has 1 unspecified atom stereocenters. The molecule has 0 spiro atoms. The number of rotatable bonds is 2. The van der Waals surface area contributed by atoms with Crippen LogP contribution in [-0.4, -0.2) is 38.3 Å². The molecule has 2 rings (SSSR count). The Labute approximate surface area is 96.5 Å². The quantitative estimate of drug-likeness (QED) is 0.723. The van der Waals surface area contributed by atoms with E-state index in [4.69, 9.17) is 4.74 Å². The summed E-state index contributed by atoms with van der Waals surface area (Å²) in [5.41, 5.74) is 0. The molecular weight excluding hydrogens is 216 g/mol. The first-order valence-corrected chi connectivity index (χ1v) is 5.45. The maximum atomic E-state index is 11.7. The lowest BCUT2D eigenvalue weighted by atomic mass is 10.0. The van der Waals surface area contributed by atoms with E-state index in [1.165, 1.54) is 0 Å². The molecule has 88 valence electrons. The average Bonchev–Trinajstić information content (AvgIpc) is 2.72. The Hall–Kier alpha value is -0.320. The second kappa shape index (κ2) is 6.30. The van der Waals surface area contributed by atoms with Gasteiger partial charge in [0, 0.05) is 12.6 Å². The van der Waals surface area contributed by atoms with Crippen molar-refractivity contribution in [1.82, 2.24) is 10.6 Å². The lowest BCUT2D eigenvalue weighted by Gasteiger charge is -2.24. The van der Waals surface area contributed by atoms with Crippen molar-refractivity contribution in [2.24, 2.45) is 5.92 Å². The fourth-order valence-electron chi connectivity index (χ4n) is 2.03. The summed E-state index contributed by atoms with van der Waals surface area (Å²) in [5.74, 6) is 0.291. The van der Waals surface area contributed by atoms with Gasteiger partial charge in [-0.2, -0.15) is 0 Å². The minimum absolute atomic E-state index is 0. The van der Waals surface area contributed by atoms with Crippen molar-refractivity contribution in [3.63, 3.8) is 0 Å². The number of nitrogens with one attached hydrogen (secondary N) is 2. The van der Waals surface area contributed by atoms with Crippen molar-refractivity contribution < 1.29 is 9.53 Å². The molecule has 5 heteroatoms. The Balaban J connectivity index is 0.00000112. The molecule has 2 N–H and O–H groups in total. The summed E-state index contributed by atoms with van der Waals surface area (Å²) >= 11 is 0. The largest absolute Gasteiger partial charge is 0.381 e. The second-order valence-electron chi connectivity index (χ2n) is 4.09. The lowest BCUT2D eigenvalue weighted by molar-refractivity contribution is -0.125. The highest BCUT2D eigenvalue weighted by Gasteiger charge is 2.25. The van der Waals surface area contributed by atoms with Crippen LogP contribution in [-0.2, 0) is 9.53 Å². The topological polar surface area (TPSA) is 50.4 Å². The number of hydrogen-bond acceptors (Lipinski definition) is 3. The van der Waals surface area contributed by atoms with Crippen molar-refractivity contribution in [2.45, 2.75) is 25.3 Å². The highest BCUT2D eigenvalue weighted by atomic mass is 35.5. The van der Waals surface area contributed by atoms with E-state index in [2.05, 4.69) is 10.6 Å². The maximum absolute atomic E-state index is 11.7. The molecule has 15 heavy (non-hydrogen) atoms. The summed E-state index contributed by atoms with van der Waals surface area (Å²) < 4.78 is 5.19. The van der Waals surface area contributed by atoms with Gasteiger partial charge in [-0.25, -0.2) is 0 Å². The SMILES string of the molecule is Cl.O=C(NC1CCNCC1)C1CCOC1. The summed E-state index contributed by atoms with van der Waals surface area (Å²) in [7, 11) is 0.